The summed E-state index contributed by atoms with van der Waals surface area (Å²) in [5.41, 5.74) is 2.16. The molecule has 0 bridgehead atoms. The highest BCUT2D eigenvalue weighted by atomic mass is 32.1. The second kappa shape index (κ2) is 5.55. The first kappa shape index (κ1) is 13.1. The minimum atomic E-state index is -0.344. The van der Waals surface area contributed by atoms with Crippen LogP contribution in [0, 0.1) is 25.2 Å². The van der Waals surface area contributed by atoms with Crippen molar-refractivity contribution in [3.8, 4) is 6.07 Å². The molecule has 1 aromatic carbocycles. The highest BCUT2D eigenvalue weighted by Crippen LogP contribution is 2.31. The van der Waals surface area contributed by atoms with E-state index in [1.54, 1.807) is 12.1 Å². The quantitative estimate of drug-likeness (QED) is 0.870. The molecule has 2 aromatic rings. The average molecular weight is 271 g/mol. The molecule has 0 spiro atoms. The van der Waals surface area contributed by atoms with Crippen molar-refractivity contribution in [1.82, 2.24) is 0 Å². The molecule has 4 nitrogen and oxygen atoms in total. The first-order chi connectivity index (χ1) is 9.11. The van der Waals surface area contributed by atoms with Gasteiger partial charge in [0, 0.05) is 10.6 Å². The monoisotopic (exact) mass is 271 g/mol. The van der Waals surface area contributed by atoms with Gasteiger partial charge in [-0.3, -0.25) is 5.32 Å². The number of thiophene rings is 1. The average Bonchev–Trinajstić information content (AvgIpc) is 2.65. The second-order valence-electron chi connectivity index (χ2n) is 4.04. The van der Waals surface area contributed by atoms with E-state index in [1.807, 2.05) is 32.0 Å². The summed E-state index contributed by atoms with van der Waals surface area (Å²) in [7, 11) is 0. The highest BCUT2D eigenvalue weighted by Gasteiger charge is 2.14. The fourth-order valence-electron chi connectivity index (χ4n) is 1.64. The third-order valence-electron chi connectivity index (χ3n) is 2.76. The zero-order chi connectivity index (χ0) is 13.8. The maximum Gasteiger partial charge on any atom is 0.324 e. The van der Waals surface area contributed by atoms with Crippen LogP contribution in [0.15, 0.2) is 30.3 Å². The van der Waals surface area contributed by atoms with Crippen LogP contribution in [0.25, 0.3) is 0 Å². The number of carbonyl (C=O) groups excluding carboxylic acids is 1. The number of benzene rings is 1. The van der Waals surface area contributed by atoms with E-state index in [9.17, 15) is 4.79 Å². The number of urea groups is 1. The molecular formula is C14H13N3OS. The van der Waals surface area contributed by atoms with E-state index in [-0.39, 0.29) is 6.03 Å². The van der Waals surface area contributed by atoms with Gasteiger partial charge in [-0.2, -0.15) is 5.26 Å². The molecule has 5 heteroatoms. The van der Waals surface area contributed by atoms with Gasteiger partial charge in [-0.25, -0.2) is 4.79 Å². The van der Waals surface area contributed by atoms with Gasteiger partial charge >= 0.3 is 6.03 Å². The number of aryl methyl sites for hydroxylation is 1. The molecule has 2 N–H and O–H groups in total. The van der Waals surface area contributed by atoms with Crippen molar-refractivity contribution in [3.63, 3.8) is 0 Å². The van der Waals surface area contributed by atoms with E-state index in [4.69, 9.17) is 5.26 Å². The molecule has 2 amide bonds. The summed E-state index contributed by atoms with van der Waals surface area (Å²) in [6.07, 6.45) is 0. The van der Waals surface area contributed by atoms with Crippen molar-refractivity contribution >= 4 is 28.1 Å². The molecule has 0 aliphatic heterocycles. The minimum Gasteiger partial charge on any atom is -0.308 e. The SMILES string of the molecule is Cc1sc(NC(=O)Nc2ccccc2)c(C#N)c1C. The van der Waals surface area contributed by atoms with Crippen LogP contribution in [0.5, 0.6) is 0 Å². The van der Waals surface area contributed by atoms with Gasteiger partial charge in [0.2, 0.25) is 0 Å². The molecule has 0 saturated carbocycles. The van der Waals surface area contributed by atoms with E-state index in [2.05, 4.69) is 16.7 Å². The van der Waals surface area contributed by atoms with Crippen molar-refractivity contribution in [1.29, 1.82) is 5.26 Å². The Hall–Kier alpha value is -2.32. The van der Waals surface area contributed by atoms with Crippen molar-refractivity contribution < 1.29 is 4.79 Å². The molecule has 0 radical (unpaired) electrons. The van der Waals surface area contributed by atoms with Crippen LogP contribution >= 0.6 is 11.3 Å². The number of nitrogens with one attached hydrogen (secondary N) is 2. The molecule has 96 valence electrons. The van der Waals surface area contributed by atoms with Gasteiger partial charge in [0.1, 0.15) is 11.1 Å². The number of nitriles is 1. The summed E-state index contributed by atoms with van der Waals surface area (Å²) in [5.74, 6) is 0. The molecule has 0 aliphatic carbocycles. The lowest BCUT2D eigenvalue weighted by Crippen LogP contribution is -2.19. The smallest absolute Gasteiger partial charge is 0.308 e. The van der Waals surface area contributed by atoms with Gasteiger partial charge in [-0.15, -0.1) is 11.3 Å². The Morgan fingerprint density at radius 1 is 1.21 bits per heavy atom. The highest BCUT2D eigenvalue weighted by molar-refractivity contribution is 7.16. The molecule has 0 unspecified atom stereocenters. The van der Waals surface area contributed by atoms with E-state index < -0.39 is 0 Å². The van der Waals surface area contributed by atoms with Gasteiger partial charge in [-0.1, -0.05) is 18.2 Å². The van der Waals surface area contributed by atoms with Crippen molar-refractivity contribution in [3.05, 3.63) is 46.3 Å². The molecular weight excluding hydrogens is 258 g/mol. The lowest BCUT2D eigenvalue weighted by Gasteiger charge is -2.06. The number of hydrogen-bond acceptors (Lipinski definition) is 3. The molecule has 2 rings (SSSR count). The van der Waals surface area contributed by atoms with Crippen LogP contribution in [0.2, 0.25) is 0 Å². The van der Waals surface area contributed by atoms with Crippen LogP contribution in [0.3, 0.4) is 0 Å². The van der Waals surface area contributed by atoms with Crippen LogP contribution < -0.4 is 10.6 Å². The van der Waals surface area contributed by atoms with Crippen LogP contribution in [0.4, 0.5) is 15.5 Å². The Kier molecular flexibility index (Phi) is 3.83. The second-order valence-corrected chi connectivity index (χ2v) is 5.27. The largest absolute Gasteiger partial charge is 0.324 e. The first-order valence-corrected chi connectivity index (χ1v) is 6.56. The Morgan fingerprint density at radius 2 is 1.89 bits per heavy atom. The third kappa shape index (κ3) is 2.92. The maximum atomic E-state index is 11.8. The number of hydrogen-bond donors (Lipinski definition) is 2. The summed E-state index contributed by atoms with van der Waals surface area (Å²) in [6, 6.07) is 10.9. The zero-order valence-corrected chi connectivity index (χ0v) is 11.5. The predicted molar refractivity (Wildman–Crippen MR) is 77.6 cm³/mol. The molecule has 1 aromatic heterocycles. The molecule has 1 heterocycles. The van der Waals surface area contributed by atoms with Gasteiger partial charge in [0.15, 0.2) is 0 Å². The van der Waals surface area contributed by atoms with Crippen molar-refractivity contribution in [2.75, 3.05) is 10.6 Å². The third-order valence-corrected chi connectivity index (χ3v) is 3.88. The molecule has 0 fully saturated rings. The topological polar surface area (TPSA) is 64.9 Å². The number of amides is 2. The fourth-order valence-corrected chi connectivity index (χ4v) is 2.64. The fraction of sp³-hybridized carbons (Fsp3) is 0.143. The maximum absolute atomic E-state index is 11.8. The summed E-state index contributed by atoms with van der Waals surface area (Å²) in [5, 5.41) is 15.1. The van der Waals surface area contributed by atoms with Crippen LogP contribution in [-0.2, 0) is 0 Å². The van der Waals surface area contributed by atoms with Crippen molar-refractivity contribution in [2.45, 2.75) is 13.8 Å². The zero-order valence-electron chi connectivity index (χ0n) is 10.7. The van der Waals surface area contributed by atoms with E-state index in [1.165, 1.54) is 11.3 Å². The Balaban J connectivity index is 2.12. The molecule has 0 atom stereocenters. The van der Waals surface area contributed by atoms with Gasteiger partial charge in [-0.05, 0) is 31.5 Å². The van der Waals surface area contributed by atoms with Gasteiger partial charge in [0.05, 0.1) is 5.56 Å². The lowest BCUT2D eigenvalue weighted by atomic mass is 10.2. The van der Waals surface area contributed by atoms with Crippen LogP contribution in [-0.4, -0.2) is 6.03 Å². The Morgan fingerprint density at radius 3 is 2.53 bits per heavy atom. The molecule has 0 saturated heterocycles. The van der Waals surface area contributed by atoms with Gasteiger partial charge < -0.3 is 5.32 Å². The number of anilines is 2. The normalized spacial score (nSPS) is 9.74. The van der Waals surface area contributed by atoms with Crippen LogP contribution in [0.1, 0.15) is 16.0 Å². The lowest BCUT2D eigenvalue weighted by molar-refractivity contribution is 0.262. The predicted octanol–water partition coefficient (Wildman–Crippen LogP) is 3.88. The summed E-state index contributed by atoms with van der Waals surface area (Å²) < 4.78 is 0. The first-order valence-electron chi connectivity index (χ1n) is 5.75. The summed E-state index contributed by atoms with van der Waals surface area (Å²) in [4.78, 5) is 12.9. The number of para-hydroxylation sites is 1. The standard InChI is InChI=1S/C14H13N3OS/c1-9-10(2)19-13(12(9)8-15)17-14(18)16-11-6-4-3-5-7-11/h3-7H,1-2H3,(H2,16,17,18). The minimum absolute atomic E-state index is 0.344. The summed E-state index contributed by atoms with van der Waals surface area (Å²) >= 11 is 1.41. The summed E-state index contributed by atoms with van der Waals surface area (Å²) in [6.45, 7) is 3.81. The van der Waals surface area contributed by atoms with E-state index in [0.717, 1.165) is 10.4 Å². The van der Waals surface area contributed by atoms with Crippen molar-refractivity contribution in [2.24, 2.45) is 0 Å². The number of rotatable bonds is 2. The van der Waals surface area contributed by atoms with Gasteiger partial charge in [0.25, 0.3) is 0 Å². The van der Waals surface area contributed by atoms with E-state index >= 15 is 0 Å². The molecule has 19 heavy (non-hydrogen) atoms. The van der Waals surface area contributed by atoms with E-state index in [0.29, 0.717) is 16.3 Å². The Bertz CT molecular complexity index is 641. The number of nitrogens with zero attached hydrogens (tertiary/aromatic N) is 1. The molecule has 0 aliphatic rings. The number of carbonyl (C=O) groups is 1. The Labute approximate surface area is 115 Å².